The fraction of sp³-hybridized carbons (Fsp3) is 0.435. The molecule has 1 saturated heterocycles. The van der Waals surface area contributed by atoms with Crippen molar-refractivity contribution < 1.29 is 15.0 Å². The van der Waals surface area contributed by atoms with Crippen LogP contribution in [0.1, 0.15) is 33.5 Å². The molecule has 0 atom stereocenters. The normalized spacial score (nSPS) is 17.7. The number of carbonyl (C=O) groups is 1. The van der Waals surface area contributed by atoms with E-state index in [1.165, 1.54) is 0 Å². The quantitative estimate of drug-likeness (QED) is 0.786. The summed E-state index contributed by atoms with van der Waals surface area (Å²) in [5.74, 6) is 0.175. The molecule has 29 heavy (non-hydrogen) atoms. The summed E-state index contributed by atoms with van der Waals surface area (Å²) in [7, 11) is 2.16. The van der Waals surface area contributed by atoms with Crippen LogP contribution in [-0.4, -0.2) is 70.6 Å². The molecule has 2 N–H and O–H groups in total. The Labute approximate surface area is 172 Å². The molecule has 0 saturated carbocycles. The summed E-state index contributed by atoms with van der Waals surface area (Å²) in [4.78, 5) is 19.3. The summed E-state index contributed by atoms with van der Waals surface area (Å²) in [6, 6.07) is 10.7. The third-order valence-corrected chi connectivity index (χ3v) is 5.97. The Hall–Kier alpha value is -2.57. The lowest BCUT2D eigenvalue weighted by molar-refractivity contribution is 0.0764. The van der Waals surface area contributed by atoms with Crippen LogP contribution < -0.4 is 0 Å². The van der Waals surface area contributed by atoms with Gasteiger partial charge in [0.05, 0.1) is 5.56 Å². The third kappa shape index (κ3) is 4.54. The lowest BCUT2D eigenvalue weighted by Gasteiger charge is -2.32. The Morgan fingerprint density at radius 1 is 0.966 bits per heavy atom. The molecule has 4 rings (SSSR count). The molecule has 2 heterocycles. The van der Waals surface area contributed by atoms with E-state index in [9.17, 15) is 15.0 Å². The van der Waals surface area contributed by atoms with Gasteiger partial charge in [-0.2, -0.15) is 0 Å². The first kappa shape index (κ1) is 19.7. The highest BCUT2D eigenvalue weighted by Gasteiger charge is 2.30. The zero-order valence-corrected chi connectivity index (χ0v) is 17.0. The number of fused-ring (bicyclic) bond motifs is 1. The molecule has 0 aromatic heterocycles. The van der Waals surface area contributed by atoms with Gasteiger partial charge in [0.15, 0.2) is 0 Å². The van der Waals surface area contributed by atoms with Crippen LogP contribution in [0.5, 0.6) is 11.5 Å². The number of benzene rings is 2. The molecular weight excluding hydrogens is 366 g/mol. The molecule has 6 nitrogen and oxygen atoms in total. The van der Waals surface area contributed by atoms with E-state index in [-0.39, 0.29) is 17.4 Å². The van der Waals surface area contributed by atoms with Crippen molar-refractivity contribution in [3.8, 4) is 11.5 Å². The summed E-state index contributed by atoms with van der Waals surface area (Å²) in [5.41, 5.74) is 3.39. The Bertz CT molecular complexity index is 874. The molecule has 0 radical (unpaired) electrons. The Kier molecular flexibility index (Phi) is 5.74. The Morgan fingerprint density at radius 2 is 1.69 bits per heavy atom. The predicted octanol–water partition coefficient (Wildman–Crippen LogP) is 2.43. The van der Waals surface area contributed by atoms with Gasteiger partial charge in [0.1, 0.15) is 11.5 Å². The van der Waals surface area contributed by atoms with Gasteiger partial charge in [-0.25, -0.2) is 0 Å². The zero-order valence-electron chi connectivity index (χ0n) is 17.0. The van der Waals surface area contributed by atoms with Gasteiger partial charge < -0.3 is 24.9 Å². The molecule has 2 aromatic rings. The predicted molar refractivity (Wildman–Crippen MR) is 112 cm³/mol. The molecule has 6 heteroatoms. The molecule has 0 bridgehead atoms. The maximum absolute atomic E-state index is 12.8. The number of aryl methyl sites for hydroxylation is 1. The fourth-order valence-electron chi connectivity index (χ4n) is 4.23. The molecule has 2 aliphatic rings. The van der Waals surface area contributed by atoms with Crippen LogP contribution in [0, 0.1) is 0 Å². The molecule has 1 amide bonds. The van der Waals surface area contributed by atoms with E-state index in [2.05, 4.69) is 22.9 Å². The molecule has 0 unspecified atom stereocenters. The van der Waals surface area contributed by atoms with Crippen LogP contribution in [0.3, 0.4) is 0 Å². The van der Waals surface area contributed by atoms with E-state index in [0.29, 0.717) is 18.7 Å². The standard InChI is InChI=1S/C23H29N3O3/c1-24-9-11-25(12-10-24)8-2-3-18-13-19-16-26(23(29)22(19)21(28)14-18)15-17-4-6-20(27)7-5-17/h4-7,13-14,27-28H,2-3,8-12,15-16H2,1H3. The number of carbonyl (C=O) groups excluding carboxylic acids is 1. The molecule has 0 spiro atoms. The van der Waals surface area contributed by atoms with Crippen molar-refractivity contribution in [3.05, 3.63) is 58.7 Å². The maximum atomic E-state index is 12.8. The van der Waals surface area contributed by atoms with Crippen LogP contribution in [0.15, 0.2) is 36.4 Å². The van der Waals surface area contributed by atoms with Crippen molar-refractivity contribution in [2.45, 2.75) is 25.9 Å². The number of likely N-dealkylation sites (N-methyl/N-ethyl adjacent to an activating group) is 1. The average Bonchev–Trinajstić information content (AvgIpc) is 3.01. The van der Waals surface area contributed by atoms with Gasteiger partial charge in [-0.15, -0.1) is 0 Å². The number of rotatable bonds is 6. The van der Waals surface area contributed by atoms with Crippen molar-refractivity contribution >= 4 is 5.91 Å². The minimum atomic E-state index is -0.130. The van der Waals surface area contributed by atoms with E-state index in [4.69, 9.17) is 0 Å². The number of phenols is 2. The summed E-state index contributed by atoms with van der Waals surface area (Å²) in [6.07, 6.45) is 1.95. The highest BCUT2D eigenvalue weighted by molar-refractivity contribution is 6.01. The number of nitrogens with zero attached hydrogens (tertiary/aromatic N) is 3. The van der Waals surface area contributed by atoms with Crippen LogP contribution in [-0.2, 0) is 19.5 Å². The number of piperazine rings is 1. The largest absolute Gasteiger partial charge is 0.508 e. The highest BCUT2D eigenvalue weighted by atomic mass is 16.3. The monoisotopic (exact) mass is 395 g/mol. The molecular formula is C23H29N3O3. The first-order valence-electron chi connectivity index (χ1n) is 10.3. The van der Waals surface area contributed by atoms with Gasteiger partial charge in [-0.1, -0.05) is 18.2 Å². The second-order valence-corrected chi connectivity index (χ2v) is 8.23. The van der Waals surface area contributed by atoms with Crippen molar-refractivity contribution in [1.29, 1.82) is 0 Å². The number of phenolic OH excluding ortho intramolecular Hbond substituents is 2. The second-order valence-electron chi connectivity index (χ2n) is 8.23. The van der Waals surface area contributed by atoms with E-state index in [1.54, 1.807) is 23.1 Å². The molecule has 0 aliphatic carbocycles. The third-order valence-electron chi connectivity index (χ3n) is 5.97. The first-order valence-corrected chi connectivity index (χ1v) is 10.3. The number of hydrogen-bond acceptors (Lipinski definition) is 5. The van der Waals surface area contributed by atoms with Gasteiger partial charge in [-0.05, 0) is 61.3 Å². The Balaban J connectivity index is 1.37. The topological polar surface area (TPSA) is 67.2 Å². The lowest BCUT2D eigenvalue weighted by Crippen LogP contribution is -2.44. The van der Waals surface area contributed by atoms with Gasteiger partial charge in [0.2, 0.25) is 0 Å². The Morgan fingerprint density at radius 3 is 2.41 bits per heavy atom. The van der Waals surface area contributed by atoms with Gasteiger partial charge >= 0.3 is 0 Å². The van der Waals surface area contributed by atoms with Gasteiger partial charge in [-0.3, -0.25) is 4.79 Å². The average molecular weight is 396 g/mol. The van der Waals surface area contributed by atoms with Crippen molar-refractivity contribution in [2.75, 3.05) is 39.8 Å². The molecule has 2 aliphatic heterocycles. The van der Waals surface area contributed by atoms with Crippen LogP contribution in [0.2, 0.25) is 0 Å². The van der Waals surface area contributed by atoms with Crippen molar-refractivity contribution in [1.82, 2.24) is 14.7 Å². The molecule has 1 fully saturated rings. The highest BCUT2D eigenvalue weighted by Crippen LogP contribution is 2.33. The number of amides is 1. The second kappa shape index (κ2) is 8.43. The molecule has 154 valence electrons. The minimum Gasteiger partial charge on any atom is -0.508 e. The van der Waals surface area contributed by atoms with Crippen molar-refractivity contribution in [2.24, 2.45) is 0 Å². The van der Waals surface area contributed by atoms with Crippen LogP contribution in [0.4, 0.5) is 0 Å². The summed E-state index contributed by atoms with van der Waals surface area (Å²) in [5, 5.41) is 19.9. The minimum absolute atomic E-state index is 0.0929. The first-order chi connectivity index (χ1) is 14.0. The van der Waals surface area contributed by atoms with E-state index in [0.717, 1.165) is 62.3 Å². The van der Waals surface area contributed by atoms with Gasteiger partial charge in [0.25, 0.3) is 5.91 Å². The smallest absolute Gasteiger partial charge is 0.258 e. The number of hydrogen-bond donors (Lipinski definition) is 2. The van der Waals surface area contributed by atoms with E-state index < -0.39 is 0 Å². The summed E-state index contributed by atoms with van der Waals surface area (Å²) >= 11 is 0. The lowest BCUT2D eigenvalue weighted by atomic mass is 10.0. The van der Waals surface area contributed by atoms with E-state index in [1.807, 2.05) is 12.1 Å². The van der Waals surface area contributed by atoms with Crippen molar-refractivity contribution in [3.63, 3.8) is 0 Å². The van der Waals surface area contributed by atoms with Gasteiger partial charge in [0, 0.05) is 39.3 Å². The summed E-state index contributed by atoms with van der Waals surface area (Å²) in [6.45, 7) is 6.52. The zero-order chi connectivity index (χ0) is 20.4. The maximum Gasteiger partial charge on any atom is 0.258 e. The SMILES string of the molecule is CN1CCN(CCCc2cc(O)c3c(c2)CN(Cc2ccc(O)cc2)C3=O)CC1. The summed E-state index contributed by atoms with van der Waals surface area (Å²) < 4.78 is 0. The van der Waals surface area contributed by atoms with Crippen LogP contribution in [0.25, 0.3) is 0 Å². The molecule has 2 aromatic carbocycles. The fourth-order valence-corrected chi connectivity index (χ4v) is 4.23. The van der Waals surface area contributed by atoms with Crippen LogP contribution >= 0.6 is 0 Å². The van der Waals surface area contributed by atoms with E-state index >= 15 is 0 Å². The number of aromatic hydroxyl groups is 2.